The summed E-state index contributed by atoms with van der Waals surface area (Å²) in [4.78, 5) is 8.86. The van der Waals surface area contributed by atoms with Gasteiger partial charge in [0.1, 0.15) is 5.82 Å². The lowest BCUT2D eigenvalue weighted by Gasteiger charge is -2.26. The van der Waals surface area contributed by atoms with Crippen molar-refractivity contribution in [3.8, 4) is 0 Å². The fourth-order valence-electron chi connectivity index (χ4n) is 2.68. The van der Waals surface area contributed by atoms with Gasteiger partial charge in [0, 0.05) is 24.8 Å². The summed E-state index contributed by atoms with van der Waals surface area (Å²) in [6.45, 7) is 8.32. The van der Waals surface area contributed by atoms with E-state index in [1.54, 1.807) is 0 Å². The highest BCUT2D eigenvalue weighted by molar-refractivity contribution is 5.42. The Bertz CT molecular complexity index is 397. The SMILES string of the molecule is CCNc1nc(C)cc(NCC2CCC(C)CC2)n1. The van der Waals surface area contributed by atoms with Gasteiger partial charge >= 0.3 is 0 Å². The molecule has 0 atom stereocenters. The first kappa shape index (κ1) is 14.1. The summed E-state index contributed by atoms with van der Waals surface area (Å²) in [5.74, 6) is 3.39. The molecule has 1 heterocycles. The average Bonchev–Trinajstić information content (AvgIpc) is 2.38. The van der Waals surface area contributed by atoms with Crippen LogP contribution in [-0.2, 0) is 0 Å². The van der Waals surface area contributed by atoms with Gasteiger partial charge in [0.25, 0.3) is 0 Å². The van der Waals surface area contributed by atoms with Gasteiger partial charge in [0.2, 0.25) is 5.95 Å². The molecule has 1 aromatic heterocycles. The van der Waals surface area contributed by atoms with Crippen LogP contribution in [0, 0.1) is 18.8 Å². The lowest BCUT2D eigenvalue weighted by atomic mass is 9.83. The Hall–Kier alpha value is -1.32. The predicted octanol–water partition coefficient (Wildman–Crippen LogP) is 3.46. The van der Waals surface area contributed by atoms with E-state index >= 15 is 0 Å². The Labute approximate surface area is 116 Å². The highest BCUT2D eigenvalue weighted by Gasteiger charge is 2.18. The highest BCUT2D eigenvalue weighted by Crippen LogP contribution is 2.28. The Kier molecular flexibility index (Phi) is 5.00. The van der Waals surface area contributed by atoms with Crippen molar-refractivity contribution < 1.29 is 0 Å². The third-order valence-electron chi connectivity index (χ3n) is 3.90. The molecule has 0 spiro atoms. The number of rotatable bonds is 5. The van der Waals surface area contributed by atoms with Crippen LogP contribution in [0.3, 0.4) is 0 Å². The molecule has 0 radical (unpaired) electrons. The van der Waals surface area contributed by atoms with E-state index < -0.39 is 0 Å². The summed E-state index contributed by atoms with van der Waals surface area (Å²) in [5, 5.41) is 6.65. The molecule has 0 aromatic carbocycles. The van der Waals surface area contributed by atoms with Gasteiger partial charge < -0.3 is 10.6 Å². The number of nitrogens with one attached hydrogen (secondary N) is 2. The van der Waals surface area contributed by atoms with Gasteiger partial charge in [-0.2, -0.15) is 4.98 Å². The maximum absolute atomic E-state index is 4.49. The third kappa shape index (κ3) is 4.37. The van der Waals surface area contributed by atoms with E-state index in [0.717, 1.165) is 42.4 Å². The van der Waals surface area contributed by atoms with E-state index in [1.807, 2.05) is 13.0 Å². The van der Waals surface area contributed by atoms with E-state index in [2.05, 4.69) is 34.4 Å². The zero-order chi connectivity index (χ0) is 13.7. The van der Waals surface area contributed by atoms with E-state index in [4.69, 9.17) is 0 Å². The molecule has 0 unspecified atom stereocenters. The molecule has 1 aliphatic rings. The Morgan fingerprint density at radius 1 is 1.16 bits per heavy atom. The molecule has 2 N–H and O–H groups in total. The minimum Gasteiger partial charge on any atom is -0.370 e. The molecule has 1 saturated carbocycles. The van der Waals surface area contributed by atoms with E-state index in [0.29, 0.717) is 0 Å². The van der Waals surface area contributed by atoms with Crippen LogP contribution < -0.4 is 10.6 Å². The largest absolute Gasteiger partial charge is 0.370 e. The van der Waals surface area contributed by atoms with Gasteiger partial charge in [-0.25, -0.2) is 4.98 Å². The maximum Gasteiger partial charge on any atom is 0.224 e. The molecule has 0 amide bonds. The summed E-state index contributed by atoms with van der Waals surface area (Å²) in [6.07, 6.45) is 5.44. The van der Waals surface area contributed by atoms with Gasteiger partial charge in [-0.15, -0.1) is 0 Å². The molecule has 2 rings (SSSR count). The van der Waals surface area contributed by atoms with Crippen LogP contribution in [0.15, 0.2) is 6.07 Å². The van der Waals surface area contributed by atoms with Gasteiger partial charge in [0.15, 0.2) is 0 Å². The Balaban J connectivity index is 1.88. The molecule has 1 fully saturated rings. The van der Waals surface area contributed by atoms with Crippen molar-refractivity contribution in [2.75, 3.05) is 23.7 Å². The van der Waals surface area contributed by atoms with E-state index in [9.17, 15) is 0 Å². The average molecular weight is 262 g/mol. The molecule has 19 heavy (non-hydrogen) atoms. The molecule has 4 nitrogen and oxygen atoms in total. The molecular weight excluding hydrogens is 236 g/mol. The zero-order valence-electron chi connectivity index (χ0n) is 12.4. The van der Waals surface area contributed by atoms with Crippen molar-refractivity contribution in [1.82, 2.24) is 9.97 Å². The summed E-state index contributed by atoms with van der Waals surface area (Å²) in [7, 11) is 0. The second-order valence-electron chi connectivity index (χ2n) is 5.76. The van der Waals surface area contributed by atoms with Gasteiger partial charge in [-0.05, 0) is 38.5 Å². The fraction of sp³-hybridized carbons (Fsp3) is 0.733. The molecule has 0 bridgehead atoms. The highest BCUT2D eigenvalue weighted by atomic mass is 15.1. The van der Waals surface area contributed by atoms with Crippen molar-refractivity contribution in [3.63, 3.8) is 0 Å². The Morgan fingerprint density at radius 3 is 2.58 bits per heavy atom. The number of anilines is 2. The first-order chi connectivity index (χ1) is 9.17. The molecular formula is C15H26N4. The normalized spacial score (nSPS) is 23.1. The molecule has 1 aromatic rings. The molecule has 0 aliphatic heterocycles. The Morgan fingerprint density at radius 2 is 1.89 bits per heavy atom. The van der Waals surface area contributed by atoms with Gasteiger partial charge in [-0.1, -0.05) is 19.8 Å². The number of nitrogens with zero attached hydrogens (tertiary/aromatic N) is 2. The second kappa shape index (κ2) is 6.73. The summed E-state index contributed by atoms with van der Waals surface area (Å²) < 4.78 is 0. The first-order valence-corrected chi connectivity index (χ1v) is 7.50. The molecule has 1 aliphatic carbocycles. The third-order valence-corrected chi connectivity index (χ3v) is 3.90. The maximum atomic E-state index is 4.49. The number of aromatic nitrogens is 2. The van der Waals surface area contributed by atoms with Crippen LogP contribution in [0.4, 0.5) is 11.8 Å². The van der Waals surface area contributed by atoms with Crippen LogP contribution in [-0.4, -0.2) is 23.1 Å². The predicted molar refractivity (Wildman–Crippen MR) is 80.5 cm³/mol. The minimum absolute atomic E-state index is 0.724. The van der Waals surface area contributed by atoms with Crippen LogP contribution in [0.1, 0.15) is 45.2 Å². The van der Waals surface area contributed by atoms with Gasteiger partial charge in [-0.3, -0.25) is 0 Å². The fourth-order valence-corrected chi connectivity index (χ4v) is 2.68. The topological polar surface area (TPSA) is 49.8 Å². The van der Waals surface area contributed by atoms with Crippen molar-refractivity contribution >= 4 is 11.8 Å². The van der Waals surface area contributed by atoms with Crippen molar-refractivity contribution in [3.05, 3.63) is 11.8 Å². The monoisotopic (exact) mass is 262 g/mol. The van der Waals surface area contributed by atoms with Crippen LogP contribution in [0.2, 0.25) is 0 Å². The first-order valence-electron chi connectivity index (χ1n) is 7.50. The summed E-state index contributed by atoms with van der Waals surface area (Å²) >= 11 is 0. The molecule has 0 saturated heterocycles. The van der Waals surface area contributed by atoms with Crippen molar-refractivity contribution in [1.29, 1.82) is 0 Å². The van der Waals surface area contributed by atoms with E-state index in [-0.39, 0.29) is 0 Å². The smallest absolute Gasteiger partial charge is 0.224 e. The molecule has 106 valence electrons. The summed E-state index contributed by atoms with van der Waals surface area (Å²) in [6, 6.07) is 2.02. The van der Waals surface area contributed by atoms with Gasteiger partial charge in [0.05, 0.1) is 0 Å². The van der Waals surface area contributed by atoms with Crippen molar-refractivity contribution in [2.45, 2.75) is 46.5 Å². The van der Waals surface area contributed by atoms with Crippen LogP contribution >= 0.6 is 0 Å². The zero-order valence-corrected chi connectivity index (χ0v) is 12.4. The minimum atomic E-state index is 0.724. The quantitative estimate of drug-likeness (QED) is 0.853. The number of hydrogen-bond acceptors (Lipinski definition) is 4. The number of hydrogen-bond donors (Lipinski definition) is 2. The van der Waals surface area contributed by atoms with Crippen molar-refractivity contribution in [2.24, 2.45) is 11.8 Å². The standard InChI is InChI=1S/C15H26N4/c1-4-16-15-18-12(3)9-14(19-15)17-10-13-7-5-11(2)6-8-13/h9,11,13H,4-8,10H2,1-3H3,(H2,16,17,18,19). The lowest BCUT2D eigenvalue weighted by Crippen LogP contribution is -2.20. The van der Waals surface area contributed by atoms with E-state index in [1.165, 1.54) is 25.7 Å². The second-order valence-corrected chi connectivity index (χ2v) is 5.76. The van der Waals surface area contributed by atoms with Crippen LogP contribution in [0.25, 0.3) is 0 Å². The number of aryl methyl sites for hydroxylation is 1. The summed E-state index contributed by atoms with van der Waals surface area (Å²) in [5.41, 5.74) is 1.01. The molecule has 4 heteroatoms. The van der Waals surface area contributed by atoms with Crippen LogP contribution in [0.5, 0.6) is 0 Å². The lowest BCUT2D eigenvalue weighted by molar-refractivity contribution is 0.300.